The number of esters is 1. The second kappa shape index (κ2) is 8.32. The molecule has 0 aliphatic heterocycles. The van der Waals surface area contributed by atoms with Gasteiger partial charge >= 0.3 is 5.97 Å². The Hall–Kier alpha value is -3.38. The number of ketones is 1. The van der Waals surface area contributed by atoms with Gasteiger partial charge < -0.3 is 4.74 Å². The van der Waals surface area contributed by atoms with E-state index < -0.39 is 5.97 Å². The van der Waals surface area contributed by atoms with Crippen LogP contribution in [0.2, 0.25) is 0 Å². The Morgan fingerprint density at radius 1 is 0.966 bits per heavy atom. The number of nitrogens with zero attached hydrogens (tertiary/aromatic N) is 2. The number of hydrogen-bond acceptors (Lipinski definition) is 5. The maximum atomic E-state index is 12.8. The molecular weight excluding hydrogens is 432 g/mol. The number of Topliss-reactive ketones (excluding diaryl/α,β-unsaturated/α-hetero) is 1. The summed E-state index contributed by atoms with van der Waals surface area (Å²) in [5.41, 5.74) is 2.90. The Balaban J connectivity index is 1.64. The van der Waals surface area contributed by atoms with Gasteiger partial charge in [-0.2, -0.15) is 0 Å². The molecule has 0 unspecified atom stereocenters. The van der Waals surface area contributed by atoms with Gasteiger partial charge in [0.15, 0.2) is 12.4 Å². The second-order valence-corrected chi connectivity index (χ2v) is 7.24. The molecule has 0 atom stereocenters. The smallest absolute Gasteiger partial charge is 0.339 e. The van der Waals surface area contributed by atoms with E-state index in [1.165, 1.54) is 0 Å². The number of carbonyl (C=O) groups excluding carboxylic acids is 2. The van der Waals surface area contributed by atoms with Crippen molar-refractivity contribution in [1.29, 1.82) is 0 Å². The molecule has 0 fully saturated rings. The molecule has 0 spiro atoms. The van der Waals surface area contributed by atoms with Crippen molar-refractivity contribution in [1.82, 2.24) is 9.97 Å². The van der Waals surface area contributed by atoms with Crippen molar-refractivity contribution in [3.63, 3.8) is 0 Å². The molecule has 0 N–H and O–H groups in total. The van der Waals surface area contributed by atoms with Gasteiger partial charge in [0.1, 0.15) is 0 Å². The van der Waals surface area contributed by atoms with Crippen LogP contribution in [0, 0.1) is 0 Å². The SMILES string of the molecule is O=C(COC(=O)c1cc(-c2cccnc2)nc2ccccc12)c1cccc(Br)c1. The molecule has 0 radical (unpaired) electrons. The zero-order chi connectivity index (χ0) is 20.2. The summed E-state index contributed by atoms with van der Waals surface area (Å²) in [5, 5.41) is 0.667. The first-order chi connectivity index (χ1) is 14.1. The highest BCUT2D eigenvalue weighted by molar-refractivity contribution is 9.10. The number of carbonyl (C=O) groups is 2. The predicted molar refractivity (Wildman–Crippen MR) is 114 cm³/mol. The molecule has 6 heteroatoms. The average molecular weight is 447 g/mol. The highest BCUT2D eigenvalue weighted by Crippen LogP contribution is 2.25. The molecule has 2 heterocycles. The predicted octanol–water partition coefficient (Wildman–Crippen LogP) is 5.10. The van der Waals surface area contributed by atoms with Gasteiger partial charge in [0.25, 0.3) is 0 Å². The molecule has 29 heavy (non-hydrogen) atoms. The second-order valence-electron chi connectivity index (χ2n) is 6.32. The van der Waals surface area contributed by atoms with Crippen molar-refractivity contribution in [2.24, 2.45) is 0 Å². The first-order valence-electron chi connectivity index (χ1n) is 8.88. The monoisotopic (exact) mass is 446 g/mol. The third-order valence-corrected chi connectivity index (χ3v) is 4.87. The van der Waals surface area contributed by atoms with E-state index in [9.17, 15) is 9.59 Å². The number of rotatable bonds is 5. The van der Waals surface area contributed by atoms with E-state index in [1.807, 2.05) is 36.4 Å². The molecule has 2 aromatic carbocycles. The molecule has 0 amide bonds. The van der Waals surface area contributed by atoms with E-state index in [0.29, 0.717) is 27.7 Å². The van der Waals surface area contributed by atoms with E-state index in [4.69, 9.17) is 4.74 Å². The van der Waals surface area contributed by atoms with Gasteiger partial charge in [-0.15, -0.1) is 0 Å². The van der Waals surface area contributed by atoms with E-state index in [1.54, 1.807) is 42.7 Å². The lowest BCUT2D eigenvalue weighted by Gasteiger charge is -2.10. The Kier molecular flexibility index (Phi) is 5.44. The number of halogens is 1. The number of para-hydroxylation sites is 1. The summed E-state index contributed by atoms with van der Waals surface area (Å²) in [6, 6.07) is 19.6. The number of benzene rings is 2. The molecule has 142 valence electrons. The van der Waals surface area contributed by atoms with Crippen molar-refractivity contribution in [3.8, 4) is 11.3 Å². The first kappa shape index (κ1) is 19.0. The lowest BCUT2D eigenvalue weighted by Crippen LogP contribution is -2.15. The van der Waals surface area contributed by atoms with E-state index in [-0.39, 0.29) is 12.4 Å². The van der Waals surface area contributed by atoms with Gasteiger partial charge in [0, 0.05) is 33.4 Å². The van der Waals surface area contributed by atoms with Crippen molar-refractivity contribution < 1.29 is 14.3 Å². The maximum absolute atomic E-state index is 12.8. The fraction of sp³-hybridized carbons (Fsp3) is 0.0435. The molecule has 0 bridgehead atoms. The third-order valence-electron chi connectivity index (χ3n) is 4.37. The van der Waals surface area contributed by atoms with Gasteiger partial charge in [0.05, 0.1) is 16.8 Å². The van der Waals surface area contributed by atoms with E-state index >= 15 is 0 Å². The first-order valence-corrected chi connectivity index (χ1v) is 9.67. The minimum Gasteiger partial charge on any atom is -0.454 e. The molecule has 0 saturated heterocycles. The average Bonchev–Trinajstić information content (AvgIpc) is 2.77. The lowest BCUT2D eigenvalue weighted by molar-refractivity contribution is 0.0476. The van der Waals surface area contributed by atoms with Gasteiger partial charge in [-0.05, 0) is 36.4 Å². The molecule has 4 aromatic rings. The van der Waals surface area contributed by atoms with Crippen LogP contribution in [0.1, 0.15) is 20.7 Å². The van der Waals surface area contributed by atoms with Crippen LogP contribution in [0.5, 0.6) is 0 Å². The van der Waals surface area contributed by atoms with Gasteiger partial charge in [-0.25, -0.2) is 9.78 Å². The minimum absolute atomic E-state index is 0.273. The fourth-order valence-corrected chi connectivity index (χ4v) is 3.36. The highest BCUT2D eigenvalue weighted by Gasteiger charge is 2.17. The van der Waals surface area contributed by atoms with Crippen molar-refractivity contribution in [2.45, 2.75) is 0 Å². The third kappa shape index (κ3) is 4.22. The quantitative estimate of drug-likeness (QED) is 0.315. The summed E-state index contributed by atoms with van der Waals surface area (Å²) in [5.74, 6) is -0.845. The van der Waals surface area contributed by atoms with Crippen molar-refractivity contribution >= 4 is 38.6 Å². The summed E-state index contributed by atoms with van der Waals surface area (Å²) in [6.45, 7) is -0.339. The summed E-state index contributed by atoms with van der Waals surface area (Å²) in [6.07, 6.45) is 3.36. The summed E-state index contributed by atoms with van der Waals surface area (Å²) in [7, 11) is 0. The zero-order valence-electron chi connectivity index (χ0n) is 15.2. The molecule has 4 rings (SSSR count). The normalized spacial score (nSPS) is 10.7. The standard InChI is InChI=1S/C23H15BrN2O3/c24-17-7-3-5-15(11-17)22(27)14-29-23(28)19-12-21(16-6-4-10-25-13-16)26-20-9-2-1-8-18(19)20/h1-13H,14H2. The number of aromatic nitrogens is 2. The molecule has 0 aliphatic carbocycles. The van der Waals surface area contributed by atoms with E-state index in [2.05, 4.69) is 25.9 Å². The number of pyridine rings is 2. The molecule has 0 saturated carbocycles. The van der Waals surface area contributed by atoms with Crippen molar-refractivity contribution in [2.75, 3.05) is 6.61 Å². The topological polar surface area (TPSA) is 69.2 Å². The molecule has 0 aliphatic rings. The number of hydrogen-bond donors (Lipinski definition) is 0. The largest absolute Gasteiger partial charge is 0.454 e. The van der Waals surface area contributed by atoms with Crippen LogP contribution in [0.3, 0.4) is 0 Å². The Bertz CT molecular complexity index is 1210. The zero-order valence-corrected chi connectivity index (χ0v) is 16.8. The van der Waals surface area contributed by atoms with Crippen LogP contribution < -0.4 is 0 Å². The fourth-order valence-electron chi connectivity index (χ4n) is 2.96. The van der Waals surface area contributed by atoms with Gasteiger partial charge in [0.2, 0.25) is 0 Å². The van der Waals surface area contributed by atoms with Crippen molar-refractivity contribution in [3.05, 3.63) is 94.7 Å². The van der Waals surface area contributed by atoms with Crippen LogP contribution in [0.25, 0.3) is 22.2 Å². The minimum atomic E-state index is -0.572. The molecule has 5 nitrogen and oxygen atoms in total. The number of fused-ring (bicyclic) bond motifs is 1. The van der Waals surface area contributed by atoms with E-state index in [0.717, 1.165) is 10.0 Å². The molecular formula is C23H15BrN2O3. The molecule has 2 aromatic heterocycles. The van der Waals surface area contributed by atoms with Crippen LogP contribution in [0.15, 0.2) is 83.6 Å². The highest BCUT2D eigenvalue weighted by atomic mass is 79.9. The van der Waals surface area contributed by atoms with Gasteiger partial charge in [-0.1, -0.05) is 46.3 Å². The summed E-state index contributed by atoms with van der Waals surface area (Å²) < 4.78 is 6.12. The Morgan fingerprint density at radius 3 is 2.62 bits per heavy atom. The summed E-state index contributed by atoms with van der Waals surface area (Å²) in [4.78, 5) is 33.9. The Labute approximate surface area is 175 Å². The Morgan fingerprint density at radius 2 is 1.83 bits per heavy atom. The maximum Gasteiger partial charge on any atom is 0.339 e. The van der Waals surface area contributed by atoms with Crippen LogP contribution in [-0.2, 0) is 4.74 Å². The van der Waals surface area contributed by atoms with Crippen LogP contribution in [0.4, 0.5) is 0 Å². The lowest BCUT2D eigenvalue weighted by atomic mass is 10.1. The number of ether oxygens (including phenoxy) is 1. The van der Waals surface area contributed by atoms with Crippen LogP contribution >= 0.6 is 15.9 Å². The van der Waals surface area contributed by atoms with Crippen LogP contribution in [-0.4, -0.2) is 28.3 Å². The van der Waals surface area contributed by atoms with Gasteiger partial charge in [-0.3, -0.25) is 9.78 Å². The summed E-state index contributed by atoms with van der Waals surface area (Å²) >= 11 is 3.33.